The molecule has 0 saturated carbocycles. The maximum atomic E-state index is 13.0. The molecule has 22 heavy (non-hydrogen) atoms. The van der Waals surface area contributed by atoms with Gasteiger partial charge in [0.2, 0.25) is 0 Å². The van der Waals surface area contributed by atoms with E-state index in [1.807, 2.05) is 32.9 Å². The van der Waals surface area contributed by atoms with Gasteiger partial charge in [-0.05, 0) is 49.6 Å². The molecule has 0 bridgehead atoms. The molecule has 0 fully saturated rings. The summed E-state index contributed by atoms with van der Waals surface area (Å²) in [5.74, 6) is 1.04. The van der Waals surface area contributed by atoms with Crippen LogP contribution in [0.4, 0.5) is 4.39 Å². The van der Waals surface area contributed by atoms with E-state index in [0.717, 1.165) is 22.3 Å². The average molecular weight is 302 g/mol. The Kier molecular flexibility index (Phi) is 6.64. The predicted molar refractivity (Wildman–Crippen MR) is 89.7 cm³/mol. The zero-order valence-electron chi connectivity index (χ0n) is 13.9. The normalized spacial score (nSPS) is 13.5. The summed E-state index contributed by atoms with van der Waals surface area (Å²) >= 11 is 0. The van der Waals surface area contributed by atoms with Crippen LogP contribution in [-0.4, -0.2) is 14.2 Å². The molecule has 1 aromatic rings. The average Bonchev–Trinajstić information content (AvgIpc) is 2.53. The van der Waals surface area contributed by atoms with Crippen molar-refractivity contribution in [3.8, 4) is 0 Å². The lowest BCUT2D eigenvalue weighted by Gasteiger charge is -2.14. The van der Waals surface area contributed by atoms with Gasteiger partial charge in [-0.2, -0.15) is 0 Å². The fourth-order valence-corrected chi connectivity index (χ4v) is 2.05. The number of benzene rings is 1. The summed E-state index contributed by atoms with van der Waals surface area (Å²) in [6, 6.07) is 6.41. The summed E-state index contributed by atoms with van der Waals surface area (Å²) in [4.78, 5) is 0. The summed E-state index contributed by atoms with van der Waals surface area (Å²) in [6.07, 6.45) is 3.97. The number of allylic oxidation sites excluding steroid dienone is 5. The Hall–Kier alpha value is -2.29. The van der Waals surface area contributed by atoms with Crippen LogP contribution in [0.5, 0.6) is 0 Å². The summed E-state index contributed by atoms with van der Waals surface area (Å²) < 4.78 is 23.6. The van der Waals surface area contributed by atoms with Crippen LogP contribution in [0.3, 0.4) is 0 Å². The molecule has 118 valence electrons. The van der Waals surface area contributed by atoms with Gasteiger partial charge < -0.3 is 9.47 Å². The van der Waals surface area contributed by atoms with E-state index < -0.39 is 0 Å². The first-order chi connectivity index (χ1) is 10.4. The minimum atomic E-state index is -0.246. The lowest BCUT2D eigenvalue weighted by Crippen LogP contribution is -1.99. The first-order valence-electron chi connectivity index (χ1n) is 7.03. The van der Waals surface area contributed by atoms with Crippen molar-refractivity contribution in [1.29, 1.82) is 0 Å². The topological polar surface area (TPSA) is 18.5 Å². The molecule has 0 aliphatic rings. The highest BCUT2D eigenvalue weighted by atomic mass is 19.1. The molecule has 3 heteroatoms. The second kappa shape index (κ2) is 8.23. The summed E-state index contributed by atoms with van der Waals surface area (Å²) in [5, 5.41) is 0. The van der Waals surface area contributed by atoms with Crippen molar-refractivity contribution in [2.24, 2.45) is 0 Å². The van der Waals surface area contributed by atoms with Crippen molar-refractivity contribution < 1.29 is 13.9 Å². The van der Waals surface area contributed by atoms with Gasteiger partial charge in [-0.25, -0.2) is 4.39 Å². The molecule has 2 nitrogen and oxygen atoms in total. The van der Waals surface area contributed by atoms with Crippen LogP contribution >= 0.6 is 0 Å². The van der Waals surface area contributed by atoms with Crippen LogP contribution in [0.2, 0.25) is 0 Å². The number of ether oxygens (including phenoxy) is 2. The van der Waals surface area contributed by atoms with E-state index in [2.05, 4.69) is 6.58 Å². The molecule has 1 rings (SSSR count). The van der Waals surface area contributed by atoms with E-state index in [9.17, 15) is 4.39 Å². The van der Waals surface area contributed by atoms with Crippen LogP contribution in [-0.2, 0) is 9.47 Å². The highest BCUT2D eigenvalue weighted by molar-refractivity contribution is 5.75. The molecular weight excluding hydrogens is 279 g/mol. The Morgan fingerprint density at radius 2 is 1.68 bits per heavy atom. The number of halogens is 1. The van der Waals surface area contributed by atoms with Crippen LogP contribution in [0, 0.1) is 5.82 Å². The van der Waals surface area contributed by atoms with Crippen LogP contribution in [0.25, 0.3) is 5.57 Å². The molecule has 1 aromatic carbocycles. The van der Waals surface area contributed by atoms with Gasteiger partial charge in [0, 0.05) is 5.57 Å². The maximum Gasteiger partial charge on any atom is 0.162 e. The molecule has 0 saturated heterocycles. The molecule has 0 radical (unpaired) electrons. The SMILES string of the molecule is C=C(C(C)=CC(=CC)c1ccc(F)cc1)C(OC)=C(C)OC. The monoisotopic (exact) mass is 302 g/mol. The Bertz CT molecular complexity index is 619. The minimum Gasteiger partial charge on any atom is -0.498 e. The summed E-state index contributed by atoms with van der Waals surface area (Å²) in [7, 11) is 3.18. The molecule has 0 aliphatic carbocycles. The predicted octanol–water partition coefficient (Wildman–Crippen LogP) is 5.26. The van der Waals surface area contributed by atoms with Crippen molar-refractivity contribution >= 4 is 5.57 Å². The third-order valence-electron chi connectivity index (χ3n) is 3.44. The minimum absolute atomic E-state index is 0.246. The lowest BCUT2D eigenvalue weighted by molar-refractivity contribution is 0.229. The van der Waals surface area contributed by atoms with E-state index in [-0.39, 0.29) is 5.82 Å². The molecule has 0 spiro atoms. The van der Waals surface area contributed by atoms with E-state index in [0.29, 0.717) is 11.5 Å². The van der Waals surface area contributed by atoms with E-state index in [4.69, 9.17) is 9.47 Å². The summed E-state index contributed by atoms with van der Waals surface area (Å²) in [5.41, 5.74) is 3.64. The number of rotatable bonds is 6. The Balaban J connectivity index is 3.13. The van der Waals surface area contributed by atoms with Gasteiger partial charge in [0.15, 0.2) is 5.76 Å². The molecule has 0 aliphatic heterocycles. The van der Waals surface area contributed by atoms with Gasteiger partial charge in [0.05, 0.1) is 14.2 Å². The molecule has 0 unspecified atom stereocenters. The van der Waals surface area contributed by atoms with Crippen molar-refractivity contribution in [3.05, 3.63) is 77.0 Å². The molecule has 0 heterocycles. The largest absolute Gasteiger partial charge is 0.498 e. The second-order valence-electron chi connectivity index (χ2n) is 4.85. The van der Waals surface area contributed by atoms with E-state index in [1.165, 1.54) is 12.1 Å². The number of methoxy groups -OCH3 is 2. The van der Waals surface area contributed by atoms with Crippen molar-refractivity contribution in [3.63, 3.8) is 0 Å². The van der Waals surface area contributed by atoms with Gasteiger partial charge in [0.1, 0.15) is 11.6 Å². The van der Waals surface area contributed by atoms with Gasteiger partial charge in [0.25, 0.3) is 0 Å². The first-order valence-corrected chi connectivity index (χ1v) is 7.03. The quantitative estimate of drug-likeness (QED) is 0.527. The fraction of sp³-hybridized carbons (Fsp3) is 0.263. The van der Waals surface area contributed by atoms with Crippen molar-refractivity contribution in [2.75, 3.05) is 14.2 Å². The molecule has 0 amide bonds. The van der Waals surface area contributed by atoms with Crippen molar-refractivity contribution in [2.45, 2.75) is 20.8 Å². The summed E-state index contributed by atoms with van der Waals surface area (Å²) in [6.45, 7) is 9.80. The highest BCUT2D eigenvalue weighted by Crippen LogP contribution is 2.25. The Labute approximate surface area is 132 Å². The first kappa shape index (κ1) is 17.8. The van der Waals surface area contributed by atoms with Crippen LogP contribution in [0.15, 0.2) is 65.7 Å². The van der Waals surface area contributed by atoms with Crippen LogP contribution in [0.1, 0.15) is 26.3 Å². The van der Waals surface area contributed by atoms with Crippen LogP contribution < -0.4 is 0 Å². The Morgan fingerprint density at radius 3 is 2.14 bits per heavy atom. The number of hydrogen-bond acceptors (Lipinski definition) is 2. The second-order valence-corrected chi connectivity index (χ2v) is 4.85. The Morgan fingerprint density at radius 1 is 1.09 bits per heavy atom. The van der Waals surface area contributed by atoms with Gasteiger partial charge >= 0.3 is 0 Å². The standard InChI is InChI=1S/C19H23FO2/c1-7-16(17-8-10-18(20)11-9-17)12-13(2)14(3)19(22-6)15(4)21-5/h7-12H,3H2,1-2,4-6H3. The van der Waals surface area contributed by atoms with Crippen molar-refractivity contribution in [1.82, 2.24) is 0 Å². The fourth-order valence-electron chi connectivity index (χ4n) is 2.05. The number of hydrogen-bond donors (Lipinski definition) is 0. The van der Waals surface area contributed by atoms with E-state index in [1.54, 1.807) is 26.4 Å². The molecular formula is C19H23FO2. The van der Waals surface area contributed by atoms with Gasteiger partial charge in [-0.3, -0.25) is 0 Å². The highest BCUT2D eigenvalue weighted by Gasteiger charge is 2.11. The maximum absolute atomic E-state index is 13.0. The zero-order valence-corrected chi connectivity index (χ0v) is 13.9. The zero-order chi connectivity index (χ0) is 16.7. The van der Waals surface area contributed by atoms with Gasteiger partial charge in [-0.1, -0.05) is 30.9 Å². The smallest absolute Gasteiger partial charge is 0.162 e. The molecule has 0 N–H and O–H groups in total. The molecule has 0 aromatic heterocycles. The third-order valence-corrected chi connectivity index (χ3v) is 3.44. The van der Waals surface area contributed by atoms with Gasteiger partial charge in [-0.15, -0.1) is 0 Å². The third kappa shape index (κ3) is 4.35. The lowest BCUT2D eigenvalue weighted by atomic mass is 9.99. The van der Waals surface area contributed by atoms with E-state index >= 15 is 0 Å². The molecule has 0 atom stereocenters.